The van der Waals surface area contributed by atoms with Gasteiger partial charge >= 0.3 is 0 Å². The van der Waals surface area contributed by atoms with Crippen LogP contribution in [0.4, 0.5) is 15.8 Å². The van der Waals surface area contributed by atoms with Gasteiger partial charge in [-0.05, 0) is 67.6 Å². The first-order valence-electron chi connectivity index (χ1n) is 10.0. The Morgan fingerprint density at radius 1 is 1.00 bits per heavy atom. The van der Waals surface area contributed by atoms with Gasteiger partial charge in [0.2, 0.25) is 0 Å². The van der Waals surface area contributed by atoms with Crippen LogP contribution in [-0.4, -0.2) is 26.4 Å². The molecule has 0 aliphatic carbocycles. The number of methoxy groups -OCH3 is 1. The van der Waals surface area contributed by atoms with Gasteiger partial charge in [0.1, 0.15) is 16.5 Å². The number of benzene rings is 3. The lowest BCUT2D eigenvalue weighted by Crippen LogP contribution is -2.17. The molecule has 1 heterocycles. The predicted molar refractivity (Wildman–Crippen MR) is 130 cm³/mol. The minimum absolute atomic E-state index is 0.102. The molecule has 0 atom stereocenters. The first-order valence-corrected chi connectivity index (χ1v) is 11.9. The van der Waals surface area contributed by atoms with E-state index < -0.39 is 21.7 Å². The van der Waals surface area contributed by atoms with Gasteiger partial charge in [0, 0.05) is 27.8 Å². The molecule has 174 valence electrons. The highest BCUT2D eigenvalue weighted by Gasteiger charge is 2.22. The van der Waals surface area contributed by atoms with Crippen LogP contribution in [-0.2, 0) is 10.0 Å². The van der Waals surface area contributed by atoms with E-state index in [4.69, 9.17) is 16.3 Å². The topological polar surface area (TPSA) is 97.4 Å². The van der Waals surface area contributed by atoms with Crippen LogP contribution in [0.5, 0.6) is 5.75 Å². The van der Waals surface area contributed by atoms with Gasteiger partial charge in [-0.15, -0.1) is 0 Å². The van der Waals surface area contributed by atoms with Gasteiger partial charge in [0.15, 0.2) is 0 Å². The Bertz CT molecular complexity index is 1510. The van der Waals surface area contributed by atoms with Crippen LogP contribution in [0.25, 0.3) is 10.9 Å². The number of sulfonamides is 1. The fourth-order valence-corrected chi connectivity index (χ4v) is 4.74. The number of hydrogen-bond acceptors (Lipinski definition) is 5. The number of carbonyl (C=O) groups is 1. The van der Waals surface area contributed by atoms with Gasteiger partial charge < -0.3 is 10.1 Å². The molecular weight excluding hydrogens is 481 g/mol. The Kier molecular flexibility index (Phi) is 6.41. The molecule has 3 aromatic carbocycles. The van der Waals surface area contributed by atoms with Crippen molar-refractivity contribution in [2.24, 2.45) is 0 Å². The maximum absolute atomic E-state index is 13.5. The number of aryl methyl sites for hydroxylation is 1. The van der Waals surface area contributed by atoms with Crippen molar-refractivity contribution >= 4 is 49.8 Å². The largest absolute Gasteiger partial charge is 0.495 e. The molecule has 34 heavy (non-hydrogen) atoms. The molecule has 0 aliphatic heterocycles. The zero-order valence-electron chi connectivity index (χ0n) is 18.1. The van der Waals surface area contributed by atoms with Crippen molar-refractivity contribution in [2.75, 3.05) is 17.1 Å². The van der Waals surface area contributed by atoms with Gasteiger partial charge in [-0.3, -0.25) is 14.5 Å². The van der Waals surface area contributed by atoms with Crippen molar-refractivity contribution in [1.82, 2.24) is 4.98 Å². The summed E-state index contributed by atoms with van der Waals surface area (Å²) in [7, 11) is -2.70. The Morgan fingerprint density at radius 3 is 2.41 bits per heavy atom. The van der Waals surface area contributed by atoms with Gasteiger partial charge in [-0.1, -0.05) is 11.6 Å². The second-order valence-corrected chi connectivity index (χ2v) is 9.48. The van der Waals surface area contributed by atoms with Crippen LogP contribution in [0.15, 0.2) is 71.6 Å². The monoisotopic (exact) mass is 499 g/mol. The fraction of sp³-hybridized carbons (Fsp3) is 0.0833. The number of anilines is 2. The normalized spacial score (nSPS) is 11.3. The number of hydrogen-bond donors (Lipinski definition) is 2. The third kappa shape index (κ3) is 4.95. The predicted octanol–water partition coefficient (Wildman–Crippen LogP) is 5.40. The van der Waals surface area contributed by atoms with Crippen LogP contribution >= 0.6 is 11.6 Å². The van der Waals surface area contributed by atoms with Crippen molar-refractivity contribution in [3.05, 3.63) is 88.8 Å². The molecule has 4 aromatic rings. The van der Waals surface area contributed by atoms with Gasteiger partial charge in [-0.2, -0.15) is 0 Å². The summed E-state index contributed by atoms with van der Waals surface area (Å²) < 4.78 is 47.2. The van der Waals surface area contributed by atoms with Crippen molar-refractivity contribution in [1.29, 1.82) is 0 Å². The van der Waals surface area contributed by atoms with Crippen molar-refractivity contribution < 1.29 is 22.3 Å². The summed E-state index contributed by atoms with van der Waals surface area (Å²) in [6, 6.07) is 16.2. The average molecular weight is 500 g/mol. The molecule has 0 fully saturated rings. The lowest BCUT2D eigenvalue weighted by molar-refractivity contribution is 0.102. The Labute approximate surface area is 200 Å². The number of ether oxygens (including phenoxy) is 1. The summed E-state index contributed by atoms with van der Waals surface area (Å²) in [6.07, 6.45) is 0. The zero-order valence-corrected chi connectivity index (χ0v) is 19.7. The molecule has 0 saturated carbocycles. The molecule has 7 nitrogen and oxygen atoms in total. The van der Waals surface area contributed by atoms with Crippen LogP contribution in [0, 0.1) is 12.7 Å². The highest BCUT2D eigenvalue weighted by Crippen LogP contribution is 2.30. The van der Waals surface area contributed by atoms with Crippen LogP contribution in [0.2, 0.25) is 5.02 Å². The Hall–Kier alpha value is -3.69. The number of nitrogens with zero attached hydrogens (tertiary/aromatic N) is 1. The highest BCUT2D eigenvalue weighted by molar-refractivity contribution is 7.92. The fourth-order valence-electron chi connectivity index (χ4n) is 3.36. The number of pyridine rings is 1. The molecule has 1 aromatic heterocycles. The number of halogens is 2. The van der Waals surface area contributed by atoms with Crippen LogP contribution < -0.4 is 14.8 Å². The summed E-state index contributed by atoms with van der Waals surface area (Å²) in [6.45, 7) is 1.64. The Balaban J connectivity index is 1.64. The van der Waals surface area contributed by atoms with E-state index in [2.05, 4.69) is 15.0 Å². The van der Waals surface area contributed by atoms with E-state index in [-0.39, 0.29) is 21.9 Å². The number of fused-ring (bicyclic) bond motifs is 1. The van der Waals surface area contributed by atoms with E-state index in [0.29, 0.717) is 27.3 Å². The number of rotatable bonds is 6. The molecule has 10 heteroatoms. The molecule has 0 radical (unpaired) electrons. The summed E-state index contributed by atoms with van der Waals surface area (Å²) in [5.74, 6) is -0.809. The molecule has 0 unspecified atom stereocenters. The minimum atomic E-state index is -4.05. The third-order valence-corrected chi connectivity index (χ3v) is 6.68. The SMILES string of the molecule is COc1ccc(NC(=O)c2cc3ccc(F)cc3nc2C)cc1S(=O)(=O)Nc1ccc(Cl)cc1. The first-order chi connectivity index (χ1) is 16.2. The lowest BCUT2D eigenvalue weighted by atomic mass is 10.1. The van der Waals surface area contributed by atoms with Crippen molar-refractivity contribution in [2.45, 2.75) is 11.8 Å². The van der Waals surface area contributed by atoms with E-state index in [0.717, 1.165) is 0 Å². The third-order valence-electron chi connectivity index (χ3n) is 5.02. The lowest BCUT2D eigenvalue weighted by Gasteiger charge is -2.14. The van der Waals surface area contributed by atoms with Gasteiger partial charge in [0.25, 0.3) is 15.9 Å². The van der Waals surface area contributed by atoms with Crippen LogP contribution in [0.1, 0.15) is 16.1 Å². The molecule has 0 bridgehead atoms. The quantitative estimate of drug-likeness (QED) is 0.370. The molecular formula is C24H19ClFN3O4S. The van der Waals surface area contributed by atoms with Crippen LogP contribution in [0.3, 0.4) is 0 Å². The van der Waals surface area contributed by atoms with E-state index in [1.165, 1.54) is 55.6 Å². The number of nitrogens with one attached hydrogen (secondary N) is 2. The molecule has 0 aliphatic rings. The summed E-state index contributed by atoms with van der Waals surface area (Å²) in [5.41, 5.74) is 1.66. The second kappa shape index (κ2) is 9.28. The summed E-state index contributed by atoms with van der Waals surface area (Å²) in [5, 5.41) is 3.76. The van der Waals surface area contributed by atoms with Crippen molar-refractivity contribution in [3.63, 3.8) is 0 Å². The summed E-state index contributed by atoms with van der Waals surface area (Å²) in [4.78, 5) is 17.1. The molecule has 1 amide bonds. The van der Waals surface area contributed by atoms with Gasteiger partial charge in [-0.25, -0.2) is 12.8 Å². The van der Waals surface area contributed by atoms with Crippen molar-refractivity contribution in [3.8, 4) is 5.75 Å². The minimum Gasteiger partial charge on any atom is -0.495 e. The van der Waals surface area contributed by atoms with E-state index in [1.807, 2.05) is 0 Å². The maximum Gasteiger partial charge on any atom is 0.265 e. The molecule has 4 rings (SSSR count). The van der Waals surface area contributed by atoms with E-state index in [9.17, 15) is 17.6 Å². The molecule has 0 spiro atoms. The van der Waals surface area contributed by atoms with E-state index >= 15 is 0 Å². The number of carbonyl (C=O) groups excluding carboxylic acids is 1. The highest BCUT2D eigenvalue weighted by atomic mass is 35.5. The first kappa shape index (κ1) is 23.5. The average Bonchev–Trinajstić information content (AvgIpc) is 2.80. The zero-order chi connectivity index (χ0) is 24.5. The maximum atomic E-state index is 13.5. The molecule has 2 N–H and O–H groups in total. The number of aromatic nitrogens is 1. The number of amides is 1. The van der Waals surface area contributed by atoms with Gasteiger partial charge in [0.05, 0.1) is 23.9 Å². The molecule has 0 saturated heterocycles. The standard InChI is InChI=1S/C24H19ClFN3O4S/c1-14-20(11-15-3-6-17(26)12-21(15)27-14)24(30)28-19-9-10-22(33-2)23(13-19)34(31,32)29-18-7-4-16(25)5-8-18/h3-13,29H,1-2H3,(H,28,30). The van der Waals surface area contributed by atoms with E-state index in [1.54, 1.807) is 25.1 Å². The Morgan fingerprint density at radius 2 is 1.71 bits per heavy atom. The second-order valence-electron chi connectivity index (χ2n) is 7.39. The smallest absolute Gasteiger partial charge is 0.265 e. The summed E-state index contributed by atoms with van der Waals surface area (Å²) >= 11 is 5.86.